The van der Waals surface area contributed by atoms with E-state index < -0.39 is 0 Å². The van der Waals surface area contributed by atoms with Gasteiger partial charge in [0.25, 0.3) is 0 Å². The molecule has 1 saturated heterocycles. The molecule has 2 rings (SSSR count). The standard InChI is InChI=1S/C10H17N5/c1-15-6-2-3-8(7-15)13-10-12-5-4-9(11)14-10/h4-5,8H,2-3,6-7H2,1H3,(H3,11,12,13,14). The quantitative estimate of drug-likeness (QED) is 0.742. The number of rotatable bonds is 2. The molecule has 1 fully saturated rings. The predicted molar refractivity (Wildman–Crippen MR) is 60.6 cm³/mol. The first kappa shape index (κ1) is 10.2. The Hall–Kier alpha value is -1.36. The van der Waals surface area contributed by atoms with Crippen LogP contribution in [0.5, 0.6) is 0 Å². The molecule has 0 amide bonds. The van der Waals surface area contributed by atoms with Crippen LogP contribution in [-0.2, 0) is 0 Å². The number of hydrogen-bond donors (Lipinski definition) is 2. The summed E-state index contributed by atoms with van der Waals surface area (Å²) in [6, 6.07) is 2.13. The third-order valence-electron chi connectivity index (χ3n) is 2.63. The van der Waals surface area contributed by atoms with Crippen molar-refractivity contribution in [1.29, 1.82) is 0 Å². The van der Waals surface area contributed by atoms with Gasteiger partial charge in [0.1, 0.15) is 5.82 Å². The minimum absolute atomic E-state index is 0.436. The molecule has 3 N–H and O–H groups in total. The Bertz CT molecular complexity index is 327. The summed E-state index contributed by atoms with van der Waals surface area (Å²) in [5.41, 5.74) is 5.59. The largest absolute Gasteiger partial charge is 0.384 e. The topological polar surface area (TPSA) is 67.1 Å². The fourth-order valence-electron chi connectivity index (χ4n) is 1.91. The summed E-state index contributed by atoms with van der Waals surface area (Å²) in [5.74, 6) is 1.15. The van der Waals surface area contributed by atoms with Gasteiger partial charge in [-0.2, -0.15) is 4.98 Å². The van der Waals surface area contributed by atoms with Crippen LogP contribution in [0, 0.1) is 0 Å². The molecule has 15 heavy (non-hydrogen) atoms. The highest BCUT2D eigenvalue weighted by molar-refractivity contribution is 5.35. The highest BCUT2D eigenvalue weighted by Crippen LogP contribution is 2.12. The lowest BCUT2D eigenvalue weighted by Gasteiger charge is -2.30. The Kier molecular flexibility index (Phi) is 3.01. The van der Waals surface area contributed by atoms with Crippen LogP contribution in [0.15, 0.2) is 12.3 Å². The Morgan fingerprint density at radius 1 is 1.60 bits per heavy atom. The molecule has 1 aromatic heterocycles. The number of likely N-dealkylation sites (tertiary alicyclic amines) is 1. The number of nitrogens with two attached hydrogens (primary N) is 1. The molecule has 1 atom stereocenters. The first-order valence-corrected chi connectivity index (χ1v) is 5.27. The van der Waals surface area contributed by atoms with Crippen molar-refractivity contribution < 1.29 is 0 Å². The van der Waals surface area contributed by atoms with Gasteiger partial charge in [-0.25, -0.2) is 4.98 Å². The summed E-state index contributed by atoms with van der Waals surface area (Å²) in [4.78, 5) is 10.6. The molecule has 0 radical (unpaired) electrons. The van der Waals surface area contributed by atoms with Crippen molar-refractivity contribution in [2.45, 2.75) is 18.9 Å². The maximum absolute atomic E-state index is 5.59. The molecule has 0 aliphatic carbocycles. The molecule has 5 heteroatoms. The summed E-state index contributed by atoms with van der Waals surface area (Å²) >= 11 is 0. The first-order chi connectivity index (χ1) is 7.24. The van der Waals surface area contributed by atoms with Gasteiger partial charge in [-0.05, 0) is 32.5 Å². The van der Waals surface area contributed by atoms with Gasteiger partial charge in [-0.15, -0.1) is 0 Å². The van der Waals surface area contributed by atoms with Gasteiger partial charge < -0.3 is 16.0 Å². The van der Waals surface area contributed by atoms with Crippen molar-refractivity contribution in [2.75, 3.05) is 31.2 Å². The SMILES string of the molecule is CN1CCCC(Nc2nccc(N)n2)C1. The zero-order valence-corrected chi connectivity index (χ0v) is 8.98. The van der Waals surface area contributed by atoms with Gasteiger partial charge in [0.05, 0.1) is 0 Å². The van der Waals surface area contributed by atoms with Gasteiger partial charge in [0.2, 0.25) is 5.95 Å². The summed E-state index contributed by atoms with van der Waals surface area (Å²) in [6.45, 7) is 2.22. The van der Waals surface area contributed by atoms with Crippen LogP contribution in [-0.4, -0.2) is 41.0 Å². The Morgan fingerprint density at radius 3 is 3.20 bits per heavy atom. The highest BCUT2D eigenvalue weighted by Gasteiger charge is 2.17. The molecule has 0 saturated carbocycles. The Balaban J connectivity index is 1.96. The molecule has 82 valence electrons. The molecule has 1 aliphatic heterocycles. The maximum Gasteiger partial charge on any atom is 0.224 e. The maximum atomic E-state index is 5.59. The van der Waals surface area contributed by atoms with Crippen LogP contribution < -0.4 is 11.1 Å². The van der Waals surface area contributed by atoms with Crippen LogP contribution in [0.3, 0.4) is 0 Å². The van der Waals surface area contributed by atoms with Crippen molar-refractivity contribution in [3.8, 4) is 0 Å². The number of nitrogens with zero attached hydrogens (tertiary/aromatic N) is 3. The van der Waals surface area contributed by atoms with Crippen molar-refractivity contribution in [3.63, 3.8) is 0 Å². The van der Waals surface area contributed by atoms with E-state index in [0.29, 0.717) is 17.8 Å². The predicted octanol–water partition coefficient (Wildman–Crippen LogP) is 0.565. The second-order valence-electron chi connectivity index (χ2n) is 4.05. The summed E-state index contributed by atoms with van der Waals surface area (Å²) < 4.78 is 0. The monoisotopic (exact) mass is 207 g/mol. The van der Waals surface area contributed by atoms with Crippen LogP contribution in [0.1, 0.15) is 12.8 Å². The zero-order chi connectivity index (χ0) is 10.7. The second-order valence-corrected chi connectivity index (χ2v) is 4.05. The van der Waals surface area contributed by atoms with Crippen molar-refractivity contribution in [3.05, 3.63) is 12.3 Å². The number of piperidine rings is 1. The number of anilines is 2. The molecule has 0 spiro atoms. The molecule has 0 bridgehead atoms. The van der Waals surface area contributed by atoms with Gasteiger partial charge >= 0.3 is 0 Å². The molecule has 1 unspecified atom stereocenters. The van der Waals surface area contributed by atoms with Gasteiger partial charge in [-0.3, -0.25) is 0 Å². The number of nitrogen functional groups attached to an aromatic ring is 1. The van der Waals surface area contributed by atoms with E-state index >= 15 is 0 Å². The number of likely N-dealkylation sites (N-methyl/N-ethyl adjacent to an activating group) is 1. The molecule has 1 aromatic rings. The molecule has 2 heterocycles. The third-order valence-corrected chi connectivity index (χ3v) is 2.63. The Morgan fingerprint density at radius 2 is 2.47 bits per heavy atom. The van der Waals surface area contributed by atoms with Crippen molar-refractivity contribution in [1.82, 2.24) is 14.9 Å². The second kappa shape index (κ2) is 4.44. The Labute approximate surface area is 89.7 Å². The zero-order valence-electron chi connectivity index (χ0n) is 8.98. The molecule has 5 nitrogen and oxygen atoms in total. The van der Waals surface area contributed by atoms with E-state index in [4.69, 9.17) is 5.73 Å². The lowest BCUT2D eigenvalue weighted by Crippen LogP contribution is -2.40. The fourth-order valence-corrected chi connectivity index (χ4v) is 1.91. The highest BCUT2D eigenvalue weighted by atomic mass is 15.2. The summed E-state index contributed by atoms with van der Waals surface area (Å²) in [6.07, 6.45) is 4.07. The number of nitrogens with one attached hydrogen (secondary N) is 1. The summed E-state index contributed by atoms with van der Waals surface area (Å²) in [5, 5.41) is 3.31. The van der Waals surface area contributed by atoms with Crippen LogP contribution in [0.2, 0.25) is 0 Å². The van der Waals surface area contributed by atoms with Crippen LogP contribution in [0.4, 0.5) is 11.8 Å². The van der Waals surface area contributed by atoms with E-state index in [1.165, 1.54) is 19.4 Å². The average Bonchev–Trinajstić information content (AvgIpc) is 2.17. The van der Waals surface area contributed by atoms with E-state index in [1.807, 2.05) is 0 Å². The minimum atomic E-state index is 0.436. The smallest absolute Gasteiger partial charge is 0.224 e. The first-order valence-electron chi connectivity index (χ1n) is 5.27. The minimum Gasteiger partial charge on any atom is -0.384 e. The van der Waals surface area contributed by atoms with E-state index in [9.17, 15) is 0 Å². The van der Waals surface area contributed by atoms with Gasteiger partial charge in [-0.1, -0.05) is 0 Å². The van der Waals surface area contributed by atoms with Crippen molar-refractivity contribution in [2.24, 2.45) is 0 Å². The number of hydrogen-bond acceptors (Lipinski definition) is 5. The van der Waals surface area contributed by atoms with E-state index in [-0.39, 0.29) is 0 Å². The normalized spacial score (nSPS) is 22.6. The summed E-state index contributed by atoms with van der Waals surface area (Å²) in [7, 11) is 2.13. The number of aromatic nitrogens is 2. The van der Waals surface area contributed by atoms with Gasteiger partial charge in [0.15, 0.2) is 0 Å². The molecular formula is C10H17N5. The average molecular weight is 207 g/mol. The van der Waals surface area contributed by atoms with E-state index in [0.717, 1.165) is 6.54 Å². The third kappa shape index (κ3) is 2.79. The van der Waals surface area contributed by atoms with E-state index in [2.05, 4.69) is 27.2 Å². The lowest BCUT2D eigenvalue weighted by molar-refractivity contribution is 0.260. The van der Waals surface area contributed by atoms with E-state index in [1.54, 1.807) is 12.3 Å². The molecular weight excluding hydrogens is 190 g/mol. The fraction of sp³-hybridized carbons (Fsp3) is 0.600. The van der Waals surface area contributed by atoms with Crippen LogP contribution in [0.25, 0.3) is 0 Å². The lowest BCUT2D eigenvalue weighted by atomic mass is 10.1. The molecule has 1 aliphatic rings. The van der Waals surface area contributed by atoms with Crippen molar-refractivity contribution >= 4 is 11.8 Å². The van der Waals surface area contributed by atoms with Gasteiger partial charge in [0, 0.05) is 18.8 Å². The van der Waals surface area contributed by atoms with Crippen LogP contribution >= 0.6 is 0 Å². The molecule has 0 aromatic carbocycles.